The number of nitrogens with zero attached hydrogens (tertiary/aromatic N) is 3. The van der Waals surface area contributed by atoms with Crippen molar-refractivity contribution in [1.29, 1.82) is 0 Å². The van der Waals surface area contributed by atoms with Gasteiger partial charge >= 0.3 is 0 Å². The second-order valence-corrected chi connectivity index (χ2v) is 6.05. The van der Waals surface area contributed by atoms with E-state index in [1.165, 1.54) is 11.1 Å². The number of aromatic nitrogens is 3. The van der Waals surface area contributed by atoms with Crippen LogP contribution in [-0.4, -0.2) is 20.5 Å². The SMILES string of the molecule is Cc1ccc(C)c(-n2cc(CNC(C)(C)C)nn2)c1. The molecule has 0 spiro atoms. The maximum Gasteiger partial charge on any atom is 0.0969 e. The minimum atomic E-state index is 0.0863. The fourth-order valence-electron chi connectivity index (χ4n) is 1.82. The van der Waals surface area contributed by atoms with Gasteiger partial charge in [-0.3, -0.25) is 0 Å². The second kappa shape index (κ2) is 5.13. The maximum atomic E-state index is 4.22. The number of nitrogens with one attached hydrogen (secondary N) is 1. The third-order valence-electron chi connectivity index (χ3n) is 2.95. The molecule has 0 aliphatic heterocycles. The van der Waals surface area contributed by atoms with Crippen molar-refractivity contribution >= 4 is 0 Å². The molecule has 1 heterocycles. The van der Waals surface area contributed by atoms with E-state index >= 15 is 0 Å². The van der Waals surface area contributed by atoms with Crippen molar-refractivity contribution in [3.8, 4) is 5.69 Å². The number of hydrogen-bond donors (Lipinski definition) is 1. The van der Waals surface area contributed by atoms with Crippen LogP contribution in [0.2, 0.25) is 0 Å². The van der Waals surface area contributed by atoms with E-state index in [-0.39, 0.29) is 5.54 Å². The van der Waals surface area contributed by atoms with E-state index in [0.717, 1.165) is 17.9 Å². The van der Waals surface area contributed by atoms with Crippen LogP contribution < -0.4 is 5.32 Å². The largest absolute Gasteiger partial charge is 0.306 e. The van der Waals surface area contributed by atoms with Gasteiger partial charge in [0.15, 0.2) is 0 Å². The molecule has 0 aliphatic carbocycles. The molecule has 4 heteroatoms. The van der Waals surface area contributed by atoms with Crippen LogP contribution >= 0.6 is 0 Å². The zero-order chi connectivity index (χ0) is 14.0. The van der Waals surface area contributed by atoms with Crippen LogP contribution in [-0.2, 0) is 6.54 Å². The maximum absolute atomic E-state index is 4.22. The van der Waals surface area contributed by atoms with Gasteiger partial charge in [-0.25, -0.2) is 4.68 Å². The predicted octanol–water partition coefficient (Wildman–Crippen LogP) is 2.77. The molecule has 1 N–H and O–H groups in total. The molecule has 102 valence electrons. The van der Waals surface area contributed by atoms with Crippen LogP contribution in [0.5, 0.6) is 0 Å². The summed E-state index contributed by atoms with van der Waals surface area (Å²) in [6.07, 6.45) is 1.99. The molecule has 4 nitrogen and oxygen atoms in total. The Bertz CT molecular complexity index is 564. The van der Waals surface area contributed by atoms with Crippen LogP contribution in [0.1, 0.15) is 37.6 Å². The minimum Gasteiger partial charge on any atom is -0.306 e. The molecule has 0 aliphatic rings. The van der Waals surface area contributed by atoms with Crippen molar-refractivity contribution in [2.45, 2.75) is 46.7 Å². The average molecular weight is 258 g/mol. The van der Waals surface area contributed by atoms with Crippen LogP contribution in [0.25, 0.3) is 5.69 Å². The molecule has 2 rings (SSSR count). The lowest BCUT2D eigenvalue weighted by molar-refractivity contribution is 0.421. The fraction of sp³-hybridized carbons (Fsp3) is 0.467. The van der Waals surface area contributed by atoms with E-state index in [1.54, 1.807) is 0 Å². The van der Waals surface area contributed by atoms with Gasteiger partial charge in [0.1, 0.15) is 0 Å². The highest BCUT2D eigenvalue weighted by Crippen LogP contribution is 2.15. The number of aryl methyl sites for hydroxylation is 2. The highest BCUT2D eigenvalue weighted by Gasteiger charge is 2.11. The van der Waals surface area contributed by atoms with Crippen molar-refractivity contribution in [3.63, 3.8) is 0 Å². The summed E-state index contributed by atoms with van der Waals surface area (Å²) in [6.45, 7) is 11.3. The summed E-state index contributed by atoms with van der Waals surface area (Å²) in [4.78, 5) is 0. The van der Waals surface area contributed by atoms with E-state index in [4.69, 9.17) is 0 Å². The number of benzene rings is 1. The molecule has 1 aromatic heterocycles. The topological polar surface area (TPSA) is 42.7 Å². The first kappa shape index (κ1) is 13.7. The molecule has 19 heavy (non-hydrogen) atoms. The van der Waals surface area contributed by atoms with Crippen molar-refractivity contribution in [3.05, 3.63) is 41.2 Å². The molecule has 0 saturated heterocycles. The lowest BCUT2D eigenvalue weighted by Gasteiger charge is -2.19. The molecule has 0 unspecified atom stereocenters. The Morgan fingerprint density at radius 1 is 1.21 bits per heavy atom. The Kier molecular flexibility index (Phi) is 3.71. The lowest BCUT2D eigenvalue weighted by atomic mass is 10.1. The van der Waals surface area contributed by atoms with Gasteiger partial charge in [-0.05, 0) is 51.8 Å². The summed E-state index contributed by atoms with van der Waals surface area (Å²) in [5.74, 6) is 0. The van der Waals surface area contributed by atoms with Gasteiger partial charge in [0.2, 0.25) is 0 Å². The first-order valence-corrected chi connectivity index (χ1v) is 6.59. The van der Waals surface area contributed by atoms with Crippen LogP contribution in [0, 0.1) is 13.8 Å². The van der Waals surface area contributed by atoms with Gasteiger partial charge in [0.05, 0.1) is 17.6 Å². The first-order chi connectivity index (χ1) is 8.85. The van der Waals surface area contributed by atoms with Crippen molar-refractivity contribution in [2.24, 2.45) is 0 Å². The average Bonchev–Trinajstić information content (AvgIpc) is 2.77. The van der Waals surface area contributed by atoms with E-state index < -0.39 is 0 Å². The van der Waals surface area contributed by atoms with Gasteiger partial charge in [-0.1, -0.05) is 17.3 Å². The molecule has 0 radical (unpaired) electrons. The molecule has 0 fully saturated rings. The molecular formula is C15H22N4. The Labute approximate surface area is 114 Å². The second-order valence-electron chi connectivity index (χ2n) is 6.05. The van der Waals surface area contributed by atoms with Gasteiger partial charge in [-0.15, -0.1) is 5.10 Å². The summed E-state index contributed by atoms with van der Waals surface area (Å²) in [6, 6.07) is 6.35. The number of hydrogen-bond acceptors (Lipinski definition) is 3. The molecule has 1 aromatic carbocycles. The van der Waals surface area contributed by atoms with Gasteiger partial charge < -0.3 is 5.32 Å². The van der Waals surface area contributed by atoms with Gasteiger partial charge in [0.25, 0.3) is 0 Å². The van der Waals surface area contributed by atoms with E-state index in [9.17, 15) is 0 Å². The fourth-order valence-corrected chi connectivity index (χ4v) is 1.82. The van der Waals surface area contributed by atoms with Gasteiger partial charge in [0, 0.05) is 12.1 Å². The van der Waals surface area contributed by atoms with Gasteiger partial charge in [-0.2, -0.15) is 0 Å². The zero-order valence-electron chi connectivity index (χ0n) is 12.4. The number of rotatable bonds is 3. The van der Waals surface area contributed by atoms with E-state index in [1.807, 2.05) is 10.9 Å². The Hall–Kier alpha value is -1.68. The minimum absolute atomic E-state index is 0.0863. The zero-order valence-corrected chi connectivity index (χ0v) is 12.4. The van der Waals surface area contributed by atoms with Crippen molar-refractivity contribution in [1.82, 2.24) is 20.3 Å². The third kappa shape index (κ3) is 3.64. The Morgan fingerprint density at radius 3 is 2.63 bits per heavy atom. The molecule has 0 saturated carbocycles. The van der Waals surface area contributed by atoms with Crippen LogP contribution in [0.15, 0.2) is 24.4 Å². The molecule has 0 amide bonds. The third-order valence-corrected chi connectivity index (χ3v) is 2.95. The van der Waals surface area contributed by atoms with Crippen molar-refractivity contribution < 1.29 is 0 Å². The lowest BCUT2D eigenvalue weighted by Crippen LogP contribution is -2.35. The highest BCUT2D eigenvalue weighted by atomic mass is 15.4. The normalized spacial score (nSPS) is 11.8. The summed E-state index contributed by atoms with van der Waals surface area (Å²) < 4.78 is 1.85. The first-order valence-electron chi connectivity index (χ1n) is 6.59. The van der Waals surface area contributed by atoms with E-state index in [0.29, 0.717) is 0 Å². The molecule has 0 bridgehead atoms. The predicted molar refractivity (Wildman–Crippen MR) is 77.4 cm³/mol. The summed E-state index contributed by atoms with van der Waals surface area (Å²) in [5, 5.41) is 11.8. The summed E-state index contributed by atoms with van der Waals surface area (Å²) in [5.41, 5.74) is 4.56. The monoisotopic (exact) mass is 258 g/mol. The molecule has 2 aromatic rings. The van der Waals surface area contributed by atoms with E-state index in [2.05, 4.69) is 68.4 Å². The molecular weight excluding hydrogens is 236 g/mol. The smallest absolute Gasteiger partial charge is 0.0969 e. The van der Waals surface area contributed by atoms with Crippen LogP contribution in [0.3, 0.4) is 0 Å². The molecule has 0 atom stereocenters. The van der Waals surface area contributed by atoms with Crippen molar-refractivity contribution in [2.75, 3.05) is 0 Å². The van der Waals surface area contributed by atoms with Crippen LogP contribution in [0.4, 0.5) is 0 Å². The Morgan fingerprint density at radius 2 is 1.95 bits per heavy atom. The quantitative estimate of drug-likeness (QED) is 0.920. The Balaban J connectivity index is 2.19. The standard InChI is InChI=1S/C15H22N4/c1-11-6-7-12(2)14(8-11)19-10-13(17-18-19)9-16-15(3,4)5/h6-8,10,16H,9H2,1-5H3. The summed E-state index contributed by atoms with van der Waals surface area (Å²) in [7, 11) is 0. The summed E-state index contributed by atoms with van der Waals surface area (Å²) >= 11 is 0. The highest BCUT2D eigenvalue weighted by molar-refractivity contribution is 5.42.